The number of aryl methyl sites for hydroxylation is 1. The summed E-state index contributed by atoms with van der Waals surface area (Å²) in [7, 11) is 0. The average Bonchev–Trinajstić information content (AvgIpc) is 2.39. The second-order valence-corrected chi connectivity index (χ2v) is 6.64. The van der Waals surface area contributed by atoms with Gasteiger partial charge in [0.2, 0.25) is 0 Å². The molecular weight excluding hydrogens is 250 g/mol. The number of thioether (sulfide) groups is 1. The Bertz CT molecular complexity index is 328. The van der Waals surface area contributed by atoms with Gasteiger partial charge in [0.25, 0.3) is 0 Å². The highest BCUT2D eigenvalue weighted by molar-refractivity contribution is 7.99. The van der Waals surface area contributed by atoms with E-state index < -0.39 is 0 Å². The van der Waals surface area contributed by atoms with Crippen LogP contribution in [-0.4, -0.2) is 24.6 Å². The molecule has 1 N–H and O–H groups in total. The van der Waals surface area contributed by atoms with E-state index in [1.54, 1.807) is 0 Å². The van der Waals surface area contributed by atoms with E-state index in [1.165, 1.54) is 41.9 Å². The summed E-state index contributed by atoms with van der Waals surface area (Å²) in [6, 6.07) is 8.97. The summed E-state index contributed by atoms with van der Waals surface area (Å²) >= 11 is 2.06. The van der Waals surface area contributed by atoms with Crippen molar-refractivity contribution in [3.8, 4) is 0 Å². The van der Waals surface area contributed by atoms with Gasteiger partial charge in [0.05, 0.1) is 0 Å². The third kappa shape index (κ3) is 7.64. The topological polar surface area (TPSA) is 12.0 Å². The van der Waals surface area contributed by atoms with Crippen molar-refractivity contribution >= 4 is 11.8 Å². The summed E-state index contributed by atoms with van der Waals surface area (Å²) in [4.78, 5) is 0. The van der Waals surface area contributed by atoms with Crippen LogP contribution in [0.15, 0.2) is 24.3 Å². The van der Waals surface area contributed by atoms with Gasteiger partial charge in [0.15, 0.2) is 0 Å². The largest absolute Gasteiger partial charge is 0.316 e. The predicted molar refractivity (Wildman–Crippen MR) is 89.1 cm³/mol. The molecule has 1 atom stereocenters. The van der Waals surface area contributed by atoms with E-state index in [9.17, 15) is 0 Å². The summed E-state index contributed by atoms with van der Waals surface area (Å²) in [5, 5.41) is 3.59. The van der Waals surface area contributed by atoms with Gasteiger partial charge >= 0.3 is 0 Å². The normalized spacial score (nSPS) is 12.6. The molecule has 108 valence electrons. The van der Waals surface area contributed by atoms with Gasteiger partial charge in [-0.25, -0.2) is 0 Å². The molecule has 0 heterocycles. The van der Waals surface area contributed by atoms with Gasteiger partial charge in [-0.2, -0.15) is 11.8 Å². The molecule has 0 bridgehead atoms. The zero-order valence-electron chi connectivity index (χ0n) is 12.7. The number of nitrogens with one attached hydrogen (secondary N) is 1. The van der Waals surface area contributed by atoms with Crippen molar-refractivity contribution in [1.82, 2.24) is 5.32 Å². The van der Waals surface area contributed by atoms with E-state index in [4.69, 9.17) is 0 Å². The fourth-order valence-corrected chi connectivity index (χ4v) is 3.11. The Labute approximate surface area is 123 Å². The van der Waals surface area contributed by atoms with Gasteiger partial charge in [-0.1, -0.05) is 43.7 Å². The molecule has 0 radical (unpaired) electrons. The quantitative estimate of drug-likeness (QED) is 0.641. The molecule has 0 amide bonds. The van der Waals surface area contributed by atoms with E-state index >= 15 is 0 Å². The first-order valence-corrected chi connectivity index (χ1v) is 8.75. The highest BCUT2D eigenvalue weighted by Gasteiger charge is 2.09. The van der Waals surface area contributed by atoms with Gasteiger partial charge < -0.3 is 5.32 Å². The van der Waals surface area contributed by atoms with Crippen LogP contribution in [0, 0.1) is 12.8 Å². The number of hydrogen-bond acceptors (Lipinski definition) is 2. The number of hydrogen-bond donors (Lipinski definition) is 1. The Morgan fingerprint density at radius 2 is 2.11 bits per heavy atom. The van der Waals surface area contributed by atoms with Crippen LogP contribution in [0.1, 0.15) is 37.8 Å². The first kappa shape index (κ1) is 16.6. The Morgan fingerprint density at radius 1 is 1.26 bits per heavy atom. The zero-order chi connectivity index (χ0) is 13.9. The van der Waals surface area contributed by atoms with Crippen molar-refractivity contribution in [2.75, 3.05) is 24.6 Å². The van der Waals surface area contributed by atoms with Crippen LogP contribution >= 0.6 is 11.8 Å². The second-order valence-electron chi connectivity index (χ2n) is 5.25. The summed E-state index contributed by atoms with van der Waals surface area (Å²) < 4.78 is 0. The van der Waals surface area contributed by atoms with E-state index in [2.05, 4.69) is 62.1 Å². The maximum absolute atomic E-state index is 3.59. The molecule has 2 heteroatoms. The first-order chi connectivity index (χ1) is 9.26. The van der Waals surface area contributed by atoms with Crippen molar-refractivity contribution in [3.05, 3.63) is 35.4 Å². The van der Waals surface area contributed by atoms with E-state index in [0.717, 1.165) is 19.0 Å². The molecular formula is C17H29NS. The molecule has 0 aliphatic heterocycles. The summed E-state index contributed by atoms with van der Waals surface area (Å²) in [5.74, 6) is 3.30. The molecule has 1 aromatic carbocycles. The lowest BCUT2D eigenvalue weighted by atomic mass is 9.96. The number of benzene rings is 1. The van der Waals surface area contributed by atoms with Gasteiger partial charge in [-0.15, -0.1) is 0 Å². The molecule has 19 heavy (non-hydrogen) atoms. The van der Waals surface area contributed by atoms with Crippen LogP contribution in [0.25, 0.3) is 0 Å². The minimum Gasteiger partial charge on any atom is -0.316 e. The molecule has 1 aromatic rings. The van der Waals surface area contributed by atoms with Crippen LogP contribution < -0.4 is 5.32 Å². The van der Waals surface area contributed by atoms with E-state index in [0.29, 0.717) is 0 Å². The minimum absolute atomic E-state index is 0.771. The Kier molecular flexibility index (Phi) is 9.02. The third-order valence-electron chi connectivity index (χ3n) is 3.34. The van der Waals surface area contributed by atoms with Crippen LogP contribution in [0.5, 0.6) is 0 Å². The van der Waals surface area contributed by atoms with Gasteiger partial charge in [0.1, 0.15) is 0 Å². The zero-order valence-corrected chi connectivity index (χ0v) is 13.6. The van der Waals surface area contributed by atoms with E-state index in [-0.39, 0.29) is 0 Å². The lowest BCUT2D eigenvalue weighted by Crippen LogP contribution is -2.25. The molecule has 1 unspecified atom stereocenters. The monoisotopic (exact) mass is 279 g/mol. The highest BCUT2D eigenvalue weighted by Crippen LogP contribution is 2.16. The molecule has 0 spiro atoms. The molecule has 0 fully saturated rings. The van der Waals surface area contributed by atoms with Gasteiger partial charge in [-0.3, -0.25) is 0 Å². The first-order valence-electron chi connectivity index (χ1n) is 7.60. The minimum atomic E-state index is 0.771. The summed E-state index contributed by atoms with van der Waals surface area (Å²) in [6.45, 7) is 8.96. The van der Waals surface area contributed by atoms with Crippen molar-refractivity contribution in [2.45, 2.75) is 40.0 Å². The second kappa shape index (κ2) is 10.3. The lowest BCUT2D eigenvalue weighted by Gasteiger charge is -2.18. The van der Waals surface area contributed by atoms with Crippen molar-refractivity contribution in [2.24, 2.45) is 5.92 Å². The molecule has 0 aliphatic rings. The van der Waals surface area contributed by atoms with E-state index in [1.807, 2.05) is 0 Å². The standard InChI is InChI=1S/C17H29NS/c1-4-10-18-14-17(9-11-19-5-2)13-16-8-6-7-15(3)12-16/h6-8,12,17-18H,4-5,9-11,13-14H2,1-3H3. The molecule has 0 aromatic heterocycles. The lowest BCUT2D eigenvalue weighted by molar-refractivity contribution is 0.463. The fourth-order valence-electron chi connectivity index (χ4n) is 2.33. The van der Waals surface area contributed by atoms with Gasteiger partial charge in [-0.05, 0) is 62.3 Å². The maximum atomic E-state index is 3.59. The fraction of sp³-hybridized carbons (Fsp3) is 0.647. The van der Waals surface area contributed by atoms with Crippen LogP contribution in [0.2, 0.25) is 0 Å². The third-order valence-corrected chi connectivity index (χ3v) is 4.27. The van der Waals surface area contributed by atoms with Gasteiger partial charge in [0, 0.05) is 0 Å². The molecule has 0 saturated carbocycles. The SMILES string of the molecule is CCCNCC(CCSCC)Cc1cccc(C)c1. The molecule has 1 rings (SSSR count). The number of rotatable bonds is 10. The maximum Gasteiger partial charge on any atom is -0.00170 e. The predicted octanol–water partition coefficient (Wildman–Crippen LogP) is 4.30. The average molecular weight is 279 g/mol. The molecule has 1 nitrogen and oxygen atoms in total. The summed E-state index contributed by atoms with van der Waals surface area (Å²) in [5.41, 5.74) is 2.87. The Balaban J connectivity index is 2.46. The summed E-state index contributed by atoms with van der Waals surface area (Å²) in [6.07, 6.45) is 3.76. The Hall–Kier alpha value is -0.470. The molecule has 0 aliphatic carbocycles. The van der Waals surface area contributed by atoms with Crippen molar-refractivity contribution in [3.63, 3.8) is 0 Å². The highest BCUT2D eigenvalue weighted by atomic mass is 32.2. The van der Waals surface area contributed by atoms with Crippen molar-refractivity contribution in [1.29, 1.82) is 0 Å². The van der Waals surface area contributed by atoms with Crippen LogP contribution in [0.4, 0.5) is 0 Å². The smallest absolute Gasteiger partial charge is 0.00170 e. The van der Waals surface area contributed by atoms with Crippen LogP contribution in [-0.2, 0) is 6.42 Å². The van der Waals surface area contributed by atoms with Crippen LogP contribution in [0.3, 0.4) is 0 Å². The molecule has 0 saturated heterocycles. The van der Waals surface area contributed by atoms with Crippen molar-refractivity contribution < 1.29 is 0 Å². The Morgan fingerprint density at radius 3 is 2.79 bits per heavy atom.